The van der Waals surface area contributed by atoms with E-state index in [1.54, 1.807) is 0 Å². The summed E-state index contributed by atoms with van der Waals surface area (Å²) in [6, 6.07) is 17.6. The average Bonchev–Trinajstić information content (AvgIpc) is 3.34. The van der Waals surface area contributed by atoms with E-state index in [1.165, 1.54) is 37.0 Å². The van der Waals surface area contributed by atoms with Crippen molar-refractivity contribution in [2.45, 2.75) is 63.1 Å². The van der Waals surface area contributed by atoms with E-state index >= 15 is 0 Å². The number of piperidine rings is 1. The van der Waals surface area contributed by atoms with Gasteiger partial charge in [-0.05, 0) is 65.9 Å². The van der Waals surface area contributed by atoms with E-state index in [9.17, 15) is 4.39 Å². The van der Waals surface area contributed by atoms with Crippen LogP contribution in [0.25, 0.3) is 0 Å². The van der Waals surface area contributed by atoms with Gasteiger partial charge in [0.15, 0.2) is 5.82 Å². The second kappa shape index (κ2) is 9.36. The molecule has 2 aromatic carbocycles. The van der Waals surface area contributed by atoms with Gasteiger partial charge in [-0.2, -0.15) is 0 Å². The van der Waals surface area contributed by atoms with Gasteiger partial charge in [0.2, 0.25) is 0 Å². The molecule has 1 aliphatic heterocycles. The zero-order chi connectivity index (χ0) is 21.8. The van der Waals surface area contributed by atoms with Gasteiger partial charge in [-0.15, -0.1) is 5.10 Å². The number of halogens is 1. The van der Waals surface area contributed by atoms with Gasteiger partial charge in [-0.25, -0.2) is 9.07 Å². The molecule has 0 atom stereocenters. The Morgan fingerprint density at radius 3 is 2.38 bits per heavy atom. The Balaban J connectivity index is 1.41. The van der Waals surface area contributed by atoms with Gasteiger partial charge in [0.25, 0.3) is 0 Å². The molecule has 0 spiro atoms. The molecule has 2 heterocycles. The summed E-state index contributed by atoms with van der Waals surface area (Å²) in [5.74, 6) is 0.697. The summed E-state index contributed by atoms with van der Waals surface area (Å²) < 4.78 is 15.6. The summed E-state index contributed by atoms with van der Waals surface area (Å²) in [5, 5.41) is 16.8. The van der Waals surface area contributed by atoms with Crippen LogP contribution in [0.1, 0.15) is 62.4 Å². The van der Waals surface area contributed by atoms with Crippen LogP contribution in [0.2, 0.25) is 0 Å². The van der Waals surface area contributed by atoms with E-state index in [-0.39, 0.29) is 11.4 Å². The van der Waals surface area contributed by atoms with E-state index in [0.717, 1.165) is 56.8 Å². The van der Waals surface area contributed by atoms with Crippen molar-refractivity contribution in [1.82, 2.24) is 25.1 Å². The Morgan fingerprint density at radius 2 is 1.66 bits per heavy atom. The third kappa shape index (κ3) is 4.53. The van der Waals surface area contributed by atoms with Crippen LogP contribution in [-0.2, 0) is 12.1 Å². The molecule has 5 rings (SSSR count). The Kier molecular flexibility index (Phi) is 6.17. The fraction of sp³-hybridized carbons (Fsp3) is 0.480. The normalized spacial score (nSPS) is 19.7. The van der Waals surface area contributed by atoms with Crippen molar-refractivity contribution < 1.29 is 4.39 Å². The molecule has 1 aliphatic carbocycles. The first kappa shape index (κ1) is 21.1. The van der Waals surface area contributed by atoms with Crippen LogP contribution < -0.4 is 5.32 Å². The van der Waals surface area contributed by atoms with Crippen LogP contribution in [0.4, 0.5) is 10.1 Å². The molecular formula is C25H31FN6. The van der Waals surface area contributed by atoms with Gasteiger partial charge >= 0.3 is 0 Å². The third-order valence-electron chi connectivity index (χ3n) is 7.03. The molecule has 6 nitrogen and oxygen atoms in total. The maximum absolute atomic E-state index is 13.5. The SMILES string of the molecule is Fc1ccc(NC2(c3nnnn3C3CCCCC3)CCN(Cc3ccccc3)CC2)cc1. The Bertz CT molecular complexity index is 989. The molecule has 1 saturated heterocycles. The number of rotatable bonds is 6. The number of aromatic nitrogens is 4. The van der Waals surface area contributed by atoms with E-state index in [2.05, 4.69) is 60.8 Å². The van der Waals surface area contributed by atoms with Crippen LogP contribution >= 0.6 is 0 Å². The van der Waals surface area contributed by atoms with E-state index in [4.69, 9.17) is 0 Å². The van der Waals surface area contributed by atoms with Gasteiger partial charge in [-0.1, -0.05) is 49.6 Å². The standard InChI is InChI=1S/C25H31FN6/c26-21-11-13-22(14-12-21)27-25(24-28-29-30-32(24)23-9-5-2-6-10-23)15-17-31(18-16-25)19-20-7-3-1-4-8-20/h1,3-4,7-8,11-14,23,27H,2,5-6,9-10,15-19H2. The minimum absolute atomic E-state index is 0.227. The highest BCUT2D eigenvalue weighted by Crippen LogP contribution is 2.38. The minimum Gasteiger partial charge on any atom is -0.372 e. The molecule has 32 heavy (non-hydrogen) atoms. The van der Waals surface area contributed by atoms with Crippen molar-refractivity contribution in [2.75, 3.05) is 18.4 Å². The lowest BCUT2D eigenvalue weighted by Gasteiger charge is -2.42. The molecule has 1 saturated carbocycles. The van der Waals surface area contributed by atoms with Crippen LogP contribution in [0.3, 0.4) is 0 Å². The first-order valence-electron chi connectivity index (χ1n) is 11.8. The van der Waals surface area contributed by atoms with E-state index < -0.39 is 0 Å². The number of hydrogen-bond acceptors (Lipinski definition) is 5. The molecule has 0 radical (unpaired) electrons. The number of benzene rings is 2. The van der Waals surface area contributed by atoms with Crippen LogP contribution in [0.15, 0.2) is 54.6 Å². The molecule has 1 aromatic heterocycles. The van der Waals surface area contributed by atoms with Crippen molar-refractivity contribution in [3.63, 3.8) is 0 Å². The van der Waals surface area contributed by atoms with Crippen LogP contribution in [0, 0.1) is 5.82 Å². The second-order valence-electron chi connectivity index (χ2n) is 9.21. The largest absolute Gasteiger partial charge is 0.372 e. The van der Waals surface area contributed by atoms with Gasteiger partial charge in [0.05, 0.1) is 6.04 Å². The number of anilines is 1. The first-order chi connectivity index (χ1) is 15.7. The number of hydrogen-bond donors (Lipinski definition) is 1. The van der Waals surface area contributed by atoms with Crippen molar-refractivity contribution in [3.05, 3.63) is 71.8 Å². The number of likely N-dealkylation sites (tertiary alicyclic amines) is 1. The van der Waals surface area contributed by atoms with Gasteiger partial charge in [0, 0.05) is 25.3 Å². The van der Waals surface area contributed by atoms with Crippen molar-refractivity contribution in [3.8, 4) is 0 Å². The van der Waals surface area contributed by atoms with Crippen molar-refractivity contribution in [2.24, 2.45) is 0 Å². The monoisotopic (exact) mass is 434 g/mol. The molecule has 0 bridgehead atoms. The predicted molar refractivity (Wildman–Crippen MR) is 123 cm³/mol. The van der Waals surface area contributed by atoms with Gasteiger partial charge in [-0.3, -0.25) is 4.90 Å². The molecule has 168 valence electrons. The molecule has 0 unspecified atom stereocenters. The third-order valence-corrected chi connectivity index (χ3v) is 7.03. The molecule has 7 heteroatoms. The summed E-state index contributed by atoms with van der Waals surface area (Å²) in [4.78, 5) is 2.49. The lowest BCUT2D eigenvalue weighted by Crippen LogP contribution is -2.48. The predicted octanol–water partition coefficient (Wildman–Crippen LogP) is 4.92. The van der Waals surface area contributed by atoms with E-state index in [1.807, 2.05) is 12.1 Å². The van der Waals surface area contributed by atoms with Crippen molar-refractivity contribution in [1.29, 1.82) is 0 Å². The fourth-order valence-corrected chi connectivity index (χ4v) is 5.23. The second-order valence-corrected chi connectivity index (χ2v) is 9.21. The molecular weight excluding hydrogens is 403 g/mol. The Morgan fingerprint density at radius 1 is 0.938 bits per heavy atom. The topological polar surface area (TPSA) is 58.9 Å². The molecule has 2 fully saturated rings. The summed E-state index contributed by atoms with van der Waals surface area (Å²) >= 11 is 0. The zero-order valence-corrected chi connectivity index (χ0v) is 18.5. The molecule has 3 aromatic rings. The molecule has 1 N–H and O–H groups in total. The minimum atomic E-state index is -0.369. The fourth-order valence-electron chi connectivity index (χ4n) is 5.23. The van der Waals surface area contributed by atoms with E-state index in [0.29, 0.717) is 6.04 Å². The van der Waals surface area contributed by atoms with Gasteiger partial charge < -0.3 is 5.32 Å². The molecule has 0 amide bonds. The summed E-state index contributed by atoms with van der Waals surface area (Å²) in [6.07, 6.45) is 7.80. The number of nitrogens with one attached hydrogen (secondary N) is 1. The smallest absolute Gasteiger partial charge is 0.177 e. The maximum atomic E-state index is 13.5. The summed E-state index contributed by atoms with van der Waals surface area (Å²) in [5.41, 5.74) is 1.87. The maximum Gasteiger partial charge on any atom is 0.177 e. The summed E-state index contributed by atoms with van der Waals surface area (Å²) in [7, 11) is 0. The number of tetrazole rings is 1. The highest BCUT2D eigenvalue weighted by molar-refractivity contribution is 5.46. The highest BCUT2D eigenvalue weighted by atomic mass is 19.1. The summed E-state index contributed by atoms with van der Waals surface area (Å²) in [6.45, 7) is 2.84. The first-order valence-corrected chi connectivity index (χ1v) is 11.8. The highest BCUT2D eigenvalue weighted by Gasteiger charge is 2.42. The van der Waals surface area contributed by atoms with Crippen LogP contribution in [0.5, 0.6) is 0 Å². The van der Waals surface area contributed by atoms with Crippen LogP contribution in [-0.4, -0.2) is 38.2 Å². The number of nitrogens with zero attached hydrogens (tertiary/aromatic N) is 5. The van der Waals surface area contributed by atoms with Crippen molar-refractivity contribution >= 4 is 5.69 Å². The quantitative estimate of drug-likeness (QED) is 0.597. The lowest BCUT2D eigenvalue weighted by atomic mass is 9.85. The lowest BCUT2D eigenvalue weighted by molar-refractivity contribution is 0.154. The Hall–Kier alpha value is -2.80. The molecule has 2 aliphatic rings. The van der Waals surface area contributed by atoms with Gasteiger partial charge in [0.1, 0.15) is 11.4 Å². The Labute approximate surface area is 188 Å². The average molecular weight is 435 g/mol. The zero-order valence-electron chi connectivity index (χ0n) is 18.5.